The summed E-state index contributed by atoms with van der Waals surface area (Å²) in [6, 6.07) is 15.9. The highest BCUT2D eigenvalue weighted by atomic mass is 15.2. The fourth-order valence-corrected chi connectivity index (χ4v) is 2.82. The van der Waals surface area contributed by atoms with Crippen molar-refractivity contribution in [3.05, 3.63) is 78.9 Å². The molecule has 3 heterocycles. The van der Waals surface area contributed by atoms with Gasteiger partial charge in [-0.25, -0.2) is 9.97 Å². The van der Waals surface area contributed by atoms with Crippen LogP contribution >= 0.6 is 0 Å². The topological polar surface area (TPSA) is 54.8 Å². The number of hydrogen-bond acceptors (Lipinski definition) is 5. The minimum atomic E-state index is 0.703. The van der Waals surface area contributed by atoms with E-state index in [1.807, 2.05) is 49.6 Å². The molecule has 0 amide bonds. The Morgan fingerprint density at radius 1 is 0.840 bits per heavy atom. The molecule has 5 heteroatoms. The first-order valence-electron chi connectivity index (χ1n) is 8.08. The van der Waals surface area contributed by atoms with Crippen molar-refractivity contribution in [2.75, 3.05) is 11.9 Å². The van der Waals surface area contributed by atoms with E-state index in [9.17, 15) is 0 Å². The molecule has 25 heavy (non-hydrogen) atoms. The van der Waals surface area contributed by atoms with E-state index < -0.39 is 0 Å². The lowest BCUT2D eigenvalue weighted by Gasteiger charge is -2.20. The van der Waals surface area contributed by atoms with Crippen molar-refractivity contribution in [1.29, 1.82) is 0 Å². The number of pyridine rings is 2. The molecule has 0 aliphatic rings. The Labute approximate surface area is 146 Å². The van der Waals surface area contributed by atoms with Gasteiger partial charge >= 0.3 is 0 Å². The first kappa shape index (κ1) is 15.2. The van der Waals surface area contributed by atoms with Gasteiger partial charge in [0.2, 0.25) is 0 Å². The molecule has 0 atom stereocenters. The van der Waals surface area contributed by atoms with Crippen LogP contribution in [-0.2, 0) is 6.54 Å². The minimum Gasteiger partial charge on any atom is -0.355 e. The summed E-state index contributed by atoms with van der Waals surface area (Å²) >= 11 is 0. The maximum Gasteiger partial charge on any atom is 0.162 e. The zero-order chi connectivity index (χ0) is 17.1. The summed E-state index contributed by atoms with van der Waals surface area (Å²) in [6.45, 7) is 0.727. The van der Waals surface area contributed by atoms with Crippen LogP contribution in [0.4, 0.5) is 5.82 Å². The van der Waals surface area contributed by atoms with E-state index in [0.29, 0.717) is 5.82 Å². The highest BCUT2D eigenvalue weighted by Gasteiger charge is 2.13. The lowest BCUT2D eigenvalue weighted by molar-refractivity contribution is 0.895. The van der Waals surface area contributed by atoms with Gasteiger partial charge in [0.1, 0.15) is 5.82 Å². The number of hydrogen-bond donors (Lipinski definition) is 0. The van der Waals surface area contributed by atoms with Crippen LogP contribution < -0.4 is 4.90 Å². The molecule has 3 aromatic heterocycles. The van der Waals surface area contributed by atoms with Crippen molar-refractivity contribution < 1.29 is 0 Å². The molecule has 0 unspecified atom stereocenters. The largest absolute Gasteiger partial charge is 0.355 e. The van der Waals surface area contributed by atoms with Gasteiger partial charge in [0.15, 0.2) is 5.82 Å². The van der Waals surface area contributed by atoms with Gasteiger partial charge in [0.25, 0.3) is 0 Å². The molecule has 0 spiro atoms. The number of nitrogens with zero attached hydrogens (tertiary/aromatic N) is 5. The molecule has 4 aromatic rings. The third kappa shape index (κ3) is 3.17. The van der Waals surface area contributed by atoms with Gasteiger partial charge in [-0.05, 0) is 35.9 Å². The predicted octanol–water partition coefficient (Wildman–Crippen LogP) is 3.72. The quantitative estimate of drug-likeness (QED) is 0.572. The van der Waals surface area contributed by atoms with Crippen LogP contribution in [-0.4, -0.2) is 27.0 Å². The van der Waals surface area contributed by atoms with Gasteiger partial charge in [0, 0.05) is 49.3 Å². The normalized spacial score (nSPS) is 10.8. The van der Waals surface area contributed by atoms with Crippen LogP contribution in [0, 0.1) is 0 Å². The number of rotatable bonds is 4. The van der Waals surface area contributed by atoms with E-state index in [2.05, 4.69) is 27.0 Å². The summed E-state index contributed by atoms with van der Waals surface area (Å²) in [5.74, 6) is 1.61. The standard InChI is InChI=1S/C20H17N5/c1-25(14-15-5-4-10-22-13-15)20-17-6-2-3-7-18(17)23-19(24-20)16-8-11-21-12-9-16/h2-13H,14H2,1H3. The molecule has 4 rings (SSSR count). The molecule has 0 saturated heterocycles. The van der Waals surface area contributed by atoms with Crippen LogP contribution in [0.2, 0.25) is 0 Å². The smallest absolute Gasteiger partial charge is 0.162 e. The Morgan fingerprint density at radius 3 is 2.48 bits per heavy atom. The molecule has 1 aromatic carbocycles. The number of fused-ring (bicyclic) bond motifs is 1. The zero-order valence-electron chi connectivity index (χ0n) is 13.9. The van der Waals surface area contributed by atoms with E-state index in [1.165, 1.54) is 0 Å². The third-order valence-electron chi connectivity index (χ3n) is 4.03. The molecular weight excluding hydrogens is 310 g/mol. The SMILES string of the molecule is CN(Cc1cccnc1)c1nc(-c2ccncc2)nc2ccccc12. The fourth-order valence-electron chi connectivity index (χ4n) is 2.82. The first-order valence-corrected chi connectivity index (χ1v) is 8.08. The lowest BCUT2D eigenvalue weighted by atomic mass is 10.2. The summed E-state index contributed by atoms with van der Waals surface area (Å²) in [6.07, 6.45) is 7.18. The predicted molar refractivity (Wildman–Crippen MR) is 99.1 cm³/mol. The van der Waals surface area contributed by atoms with Crippen molar-refractivity contribution in [3.63, 3.8) is 0 Å². The molecule has 0 saturated carbocycles. The average molecular weight is 327 g/mol. The van der Waals surface area contributed by atoms with Crippen LogP contribution in [0.15, 0.2) is 73.3 Å². The van der Waals surface area contributed by atoms with E-state index in [1.54, 1.807) is 18.6 Å². The van der Waals surface area contributed by atoms with E-state index in [4.69, 9.17) is 9.97 Å². The maximum absolute atomic E-state index is 4.83. The minimum absolute atomic E-state index is 0.703. The van der Waals surface area contributed by atoms with Gasteiger partial charge < -0.3 is 4.90 Å². The van der Waals surface area contributed by atoms with Gasteiger partial charge in [-0.15, -0.1) is 0 Å². The van der Waals surface area contributed by atoms with Crippen LogP contribution in [0.3, 0.4) is 0 Å². The Balaban J connectivity index is 1.81. The molecule has 0 fully saturated rings. The van der Waals surface area contributed by atoms with Crippen LogP contribution in [0.5, 0.6) is 0 Å². The zero-order valence-corrected chi connectivity index (χ0v) is 13.9. The van der Waals surface area contributed by atoms with Crippen molar-refractivity contribution in [2.24, 2.45) is 0 Å². The van der Waals surface area contributed by atoms with Gasteiger partial charge in [-0.3, -0.25) is 9.97 Å². The molecule has 0 N–H and O–H groups in total. The highest BCUT2D eigenvalue weighted by molar-refractivity contribution is 5.90. The molecule has 0 bridgehead atoms. The second-order valence-electron chi connectivity index (χ2n) is 5.84. The summed E-state index contributed by atoms with van der Waals surface area (Å²) in [4.78, 5) is 19.9. The van der Waals surface area contributed by atoms with Gasteiger partial charge in [0.05, 0.1) is 5.52 Å². The van der Waals surface area contributed by atoms with Crippen LogP contribution in [0.1, 0.15) is 5.56 Å². The average Bonchev–Trinajstić information content (AvgIpc) is 2.68. The first-order chi connectivity index (χ1) is 12.3. The molecule has 5 nitrogen and oxygen atoms in total. The lowest BCUT2D eigenvalue weighted by Crippen LogP contribution is -2.18. The Bertz CT molecular complexity index is 987. The molecule has 0 aliphatic carbocycles. The molecule has 0 radical (unpaired) electrons. The molecule has 0 aliphatic heterocycles. The van der Waals surface area contributed by atoms with Crippen molar-refractivity contribution in [1.82, 2.24) is 19.9 Å². The van der Waals surface area contributed by atoms with Gasteiger partial charge in [-0.2, -0.15) is 0 Å². The number of anilines is 1. The van der Waals surface area contributed by atoms with Gasteiger partial charge in [-0.1, -0.05) is 18.2 Å². The Morgan fingerprint density at radius 2 is 1.68 bits per heavy atom. The highest BCUT2D eigenvalue weighted by Crippen LogP contribution is 2.27. The maximum atomic E-state index is 4.83. The van der Waals surface area contributed by atoms with E-state index in [0.717, 1.165) is 34.4 Å². The summed E-state index contributed by atoms with van der Waals surface area (Å²) in [5.41, 5.74) is 3.02. The summed E-state index contributed by atoms with van der Waals surface area (Å²) < 4.78 is 0. The van der Waals surface area contributed by atoms with E-state index >= 15 is 0 Å². The number of benzene rings is 1. The summed E-state index contributed by atoms with van der Waals surface area (Å²) in [5, 5.41) is 1.03. The summed E-state index contributed by atoms with van der Waals surface area (Å²) in [7, 11) is 2.04. The fraction of sp³-hybridized carbons (Fsp3) is 0.100. The number of para-hydroxylation sites is 1. The van der Waals surface area contributed by atoms with E-state index in [-0.39, 0.29) is 0 Å². The monoisotopic (exact) mass is 327 g/mol. The Kier molecular flexibility index (Phi) is 4.04. The van der Waals surface area contributed by atoms with Crippen LogP contribution in [0.25, 0.3) is 22.3 Å². The second kappa shape index (κ2) is 6.65. The molecular formula is C20H17N5. The molecule has 122 valence electrons. The van der Waals surface area contributed by atoms with Crippen molar-refractivity contribution in [2.45, 2.75) is 6.54 Å². The van der Waals surface area contributed by atoms with Crippen molar-refractivity contribution in [3.8, 4) is 11.4 Å². The van der Waals surface area contributed by atoms with Crippen molar-refractivity contribution >= 4 is 16.7 Å². The number of aromatic nitrogens is 4. The second-order valence-corrected chi connectivity index (χ2v) is 5.84. The third-order valence-corrected chi connectivity index (χ3v) is 4.03. The Hall–Kier alpha value is -3.34.